The van der Waals surface area contributed by atoms with Crippen molar-refractivity contribution in [2.45, 2.75) is 38.2 Å². The summed E-state index contributed by atoms with van der Waals surface area (Å²) in [5, 5.41) is 9.56. The van der Waals surface area contributed by atoms with E-state index < -0.39 is 0 Å². The highest BCUT2D eigenvalue weighted by atomic mass is 16.3. The topological polar surface area (TPSA) is 20.2 Å². The molecular formula is C13H18O. The molecule has 0 spiro atoms. The van der Waals surface area contributed by atoms with Gasteiger partial charge in [0.1, 0.15) is 0 Å². The monoisotopic (exact) mass is 190 g/mol. The van der Waals surface area contributed by atoms with Crippen molar-refractivity contribution in [2.75, 3.05) is 0 Å². The van der Waals surface area contributed by atoms with Gasteiger partial charge in [0.15, 0.2) is 0 Å². The Bertz CT molecular complexity index is 268. The third kappa shape index (κ3) is 2.58. The van der Waals surface area contributed by atoms with Gasteiger partial charge in [0, 0.05) is 0 Å². The summed E-state index contributed by atoms with van der Waals surface area (Å²) in [6.07, 6.45) is 5.57. The Morgan fingerprint density at radius 1 is 1.14 bits per heavy atom. The zero-order valence-electron chi connectivity index (χ0n) is 8.52. The van der Waals surface area contributed by atoms with Crippen molar-refractivity contribution in [3.63, 3.8) is 0 Å². The Hall–Kier alpha value is -0.820. The average molecular weight is 190 g/mol. The highest BCUT2D eigenvalue weighted by molar-refractivity contribution is 5.15. The highest BCUT2D eigenvalue weighted by Gasteiger charge is 2.19. The lowest BCUT2D eigenvalue weighted by atomic mass is 9.83. The quantitative estimate of drug-likeness (QED) is 0.760. The van der Waals surface area contributed by atoms with Gasteiger partial charge in [-0.25, -0.2) is 0 Å². The number of aliphatic hydroxyl groups is 1. The minimum absolute atomic E-state index is 0.0440. The molecule has 0 aromatic heterocycles. The van der Waals surface area contributed by atoms with E-state index in [0.717, 1.165) is 19.3 Å². The van der Waals surface area contributed by atoms with Gasteiger partial charge >= 0.3 is 0 Å². The van der Waals surface area contributed by atoms with Crippen molar-refractivity contribution >= 4 is 0 Å². The summed E-state index contributed by atoms with van der Waals surface area (Å²) in [6.45, 7) is 0. The van der Waals surface area contributed by atoms with E-state index in [1.165, 1.54) is 18.4 Å². The molecule has 1 aromatic carbocycles. The second-order valence-corrected chi connectivity index (χ2v) is 4.38. The van der Waals surface area contributed by atoms with Crippen LogP contribution in [0.2, 0.25) is 0 Å². The van der Waals surface area contributed by atoms with Crippen LogP contribution in [-0.4, -0.2) is 11.2 Å². The van der Waals surface area contributed by atoms with E-state index in [1.54, 1.807) is 0 Å². The molecule has 0 radical (unpaired) electrons. The maximum atomic E-state index is 9.56. The van der Waals surface area contributed by atoms with Crippen LogP contribution >= 0.6 is 0 Å². The van der Waals surface area contributed by atoms with Crippen LogP contribution in [0.3, 0.4) is 0 Å². The van der Waals surface area contributed by atoms with Crippen LogP contribution < -0.4 is 0 Å². The van der Waals surface area contributed by atoms with E-state index in [0.29, 0.717) is 5.92 Å². The molecule has 76 valence electrons. The van der Waals surface area contributed by atoms with E-state index in [4.69, 9.17) is 0 Å². The highest BCUT2D eigenvalue weighted by Crippen LogP contribution is 2.27. The van der Waals surface area contributed by atoms with Crippen LogP contribution in [0.4, 0.5) is 0 Å². The molecule has 0 amide bonds. The Kier molecular flexibility index (Phi) is 3.20. The first-order chi connectivity index (χ1) is 6.84. The predicted octanol–water partition coefficient (Wildman–Crippen LogP) is 2.78. The van der Waals surface area contributed by atoms with Gasteiger partial charge in [-0.05, 0) is 37.2 Å². The lowest BCUT2D eigenvalue weighted by Gasteiger charge is -2.25. The third-order valence-corrected chi connectivity index (χ3v) is 3.12. The molecule has 0 bridgehead atoms. The number of hydrogen-bond acceptors (Lipinski definition) is 1. The standard InChI is InChI=1S/C13H18O/c14-13-8-4-7-12(10-13)9-11-5-2-1-3-6-11/h1-3,5-6,12-14H,4,7-10H2/t12-,13+/m1/s1. The van der Waals surface area contributed by atoms with Crippen LogP contribution in [-0.2, 0) is 6.42 Å². The summed E-state index contributed by atoms with van der Waals surface area (Å²) in [4.78, 5) is 0. The van der Waals surface area contributed by atoms with E-state index in [2.05, 4.69) is 30.3 Å². The summed E-state index contributed by atoms with van der Waals surface area (Å²) in [5.74, 6) is 0.696. The Morgan fingerprint density at radius 3 is 2.64 bits per heavy atom. The Labute approximate surface area is 85.8 Å². The molecule has 0 heterocycles. The first-order valence-corrected chi connectivity index (χ1v) is 5.56. The molecule has 1 nitrogen and oxygen atoms in total. The van der Waals surface area contributed by atoms with E-state index in [-0.39, 0.29) is 6.10 Å². The van der Waals surface area contributed by atoms with Gasteiger partial charge in [-0.2, -0.15) is 0 Å². The smallest absolute Gasteiger partial charge is 0.0543 e. The van der Waals surface area contributed by atoms with E-state index in [1.807, 2.05) is 0 Å². The van der Waals surface area contributed by atoms with Crippen LogP contribution in [0, 0.1) is 5.92 Å². The molecule has 0 saturated heterocycles. The summed E-state index contributed by atoms with van der Waals surface area (Å²) < 4.78 is 0. The molecule has 0 aliphatic heterocycles. The largest absolute Gasteiger partial charge is 0.393 e. The van der Waals surface area contributed by atoms with E-state index in [9.17, 15) is 5.11 Å². The molecule has 1 aliphatic carbocycles. The predicted molar refractivity (Wildman–Crippen MR) is 58.1 cm³/mol. The first-order valence-electron chi connectivity index (χ1n) is 5.56. The van der Waals surface area contributed by atoms with Gasteiger partial charge < -0.3 is 5.11 Å². The van der Waals surface area contributed by atoms with E-state index >= 15 is 0 Å². The summed E-state index contributed by atoms with van der Waals surface area (Å²) in [6, 6.07) is 10.6. The Balaban J connectivity index is 1.91. The second-order valence-electron chi connectivity index (χ2n) is 4.38. The molecule has 1 saturated carbocycles. The molecule has 2 rings (SSSR count). The lowest BCUT2D eigenvalue weighted by Crippen LogP contribution is -2.20. The number of hydrogen-bond donors (Lipinski definition) is 1. The second kappa shape index (κ2) is 4.61. The van der Waals surface area contributed by atoms with Gasteiger partial charge in [0.05, 0.1) is 6.10 Å². The number of aliphatic hydroxyl groups excluding tert-OH is 1. The SMILES string of the molecule is O[C@H]1CCC[C@H](Cc2ccccc2)C1. The van der Waals surface area contributed by atoms with Gasteiger partial charge in [0.2, 0.25) is 0 Å². The van der Waals surface area contributed by atoms with Gasteiger partial charge in [0.25, 0.3) is 0 Å². The Morgan fingerprint density at radius 2 is 1.93 bits per heavy atom. The van der Waals surface area contributed by atoms with Crippen LogP contribution in [0.1, 0.15) is 31.2 Å². The minimum atomic E-state index is -0.0440. The zero-order chi connectivity index (χ0) is 9.80. The fourth-order valence-corrected chi connectivity index (χ4v) is 2.40. The van der Waals surface area contributed by atoms with Gasteiger partial charge in [-0.1, -0.05) is 36.8 Å². The summed E-state index contributed by atoms with van der Waals surface area (Å²) >= 11 is 0. The van der Waals surface area contributed by atoms with Crippen LogP contribution in [0.5, 0.6) is 0 Å². The van der Waals surface area contributed by atoms with Crippen LogP contribution in [0.25, 0.3) is 0 Å². The molecule has 1 heteroatoms. The number of benzene rings is 1. The van der Waals surface area contributed by atoms with Crippen molar-refractivity contribution < 1.29 is 5.11 Å². The van der Waals surface area contributed by atoms with Crippen molar-refractivity contribution in [3.05, 3.63) is 35.9 Å². The fraction of sp³-hybridized carbons (Fsp3) is 0.538. The van der Waals surface area contributed by atoms with Gasteiger partial charge in [-0.3, -0.25) is 0 Å². The van der Waals surface area contributed by atoms with Crippen molar-refractivity contribution in [3.8, 4) is 0 Å². The minimum Gasteiger partial charge on any atom is -0.393 e. The molecule has 2 atom stereocenters. The van der Waals surface area contributed by atoms with Crippen molar-refractivity contribution in [2.24, 2.45) is 5.92 Å². The zero-order valence-corrected chi connectivity index (χ0v) is 8.52. The van der Waals surface area contributed by atoms with Crippen LogP contribution in [0.15, 0.2) is 30.3 Å². The molecule has 14 heavy (non-hydrogen) atoms. The third-order valence-electron chi connectivity index (χ3n) is 3.12. The lowest BCUT2D eigenvalue weighted by molar-refractivity contribution is 0.101. The summed E-state index contributed by atoms with van der Waals surface area (Å²) in [5.41, 5.74) is 1.41. The van der Waals surface area contributed by atoms with Crippen molar-refractivity contribution in [1.82, 2.24) is 0 Å². The summed E-state index contributed by atoms with van der Waals surface area (Å²) in [7, 11) is 0. The molecule has 1 aromatic rings. The fourth-order valence-electron chi connectivity index (χ4n) is 2.40. The van der Waals surface area contributed by atoms with Gasteiger partial charge in [-0.15, -0.1) is 0 Å². The van der Waals surface area contributed by atoms with Crippen molar-refractivity contribution in [1.29, 1.82) is 0 Å². The maximum absolute atomic E-state index is 9.56. The molecule has 1 N–H and O–H groups in total. The maximum Gasteiger partial charge on any atom is 0.0543 e. The molecule has 1 aliphatic rings. The number of rotatable bonds is 2. The molecular weight excluding hydrogens is 172 g/mol. The molecule has 0 unspecified atom stereocenters. The average Bonchev–Trinajstić information content (AvgIpc) is 2.19. The normalized spacial score (nSPS) is 27.5. The molecule has 1 fully saturated rings. The first kappa shape index (κ1) is 9.72.